The molecule has 0 aliphatic heterocycles. The first-order valence-electron chi connectivity index (χ1n) is 6.42. The van der Waals surface area contributed by atoms with E-state index in [9.17, 15) is 4.79 Å². The molecule has 3 heteroatoms. The van der Waals surface area contributed by atoms with Crippen LogP contribution in [0.3, 0.4) is 0 Å². The van der Waals surface area contributed by atoms with Gasteiger partial charge in [0.25, 0.3) is 0 Å². The summed E-state index contributed by atoms with van der Waals surface area (Å²) in [6.07, 6.45) is 0. The molecule has 0 amide bonds. The minimum absolute atomic E-state index is 0.372. The van der Waals surface area contributed by atoms with Gasteiger partial charge in [-0.05, 0) is 41.8 Å². The fraction of sp³-hybridized carbons (Fsp3) is 0.176. The van der Waals surface area contributed by atoms with Crippen LogP contribution in [0.4, 0.5) is 0 Å². The Kier molecular flexibility index (Phi) is 4.17. The number of nitrogens with zero attached hydrogens (tertiary/aromatic N) is 1. The van der Waals surface area contributed by atoms with Gasteiger partial charge in [0.05, 0.1) is 17.2 Å². The lowest BCUT2D eigenvalue weighted by Gasteiger charge is -2.07. The average molecular weight is 265 g/mol. The number of hydrogen-bond acceptors (Lipinski definition) is 3. The normalized spacial score (nSPS) is 10.1. The van der Waals surface area contributed by atoms with Gasteiger partial charge in [0, 0.05) is 0 Å². The van der Waals surface area contributed by atoms with Gasteiger partial charge < -0.3 is 4.74 Å². The van der Waals surface area contributed by atoms with Gasteiger partial charge in [-0.3, -0.25) is 0 Å². The van der Waals surface area contributed by atoms with Crippen molar-refractivity contribution in [1.29, 1.82) is 5.26 Å². The number of nitriles is 1. The third-order valence-electron chi connectivity index (χ3n) is 2.98. The number of carbonyl (C=O) groups excluding carboxylic acids is 1. The largest absolute Gasteiger partial charge is 0.423 e. The van der Waals surface area contributed by atoms with E-state index in [0.717, 1.165) is 0 Å². The third kappa shape index (κ3) is 3.24. The molecule has 0 heterocycles. The van der Waals surface area contributed by atoms with E-state index in [4.69, 9.17) is 10.00 Å². The average Bonchev–Trinajstić information content (AvgIpc) is 2.47. The quantitative estimate of drug-likeness (QED) is 0.624. The van der Waals surface area contributed by atoms with Gasteiger partial charge >= 0.3 is 5.97 Å². The summed E-state index contributed by atoms with van der Waals surface area (Å²) in [7, 11) is 0. The maximum Gasteiger partial charge on any atom is 0.343 e. The second-order valence-electron chi connectivity index (χ2n) is 4.81. The van der Waals surface area contributed by atoms with E-state index in [-0.39, 0.29) is 0 Å². The van der Waals surface area contributed by atoms with Crippen molar-refractivity contribution in [2.45, 2.75) is 19.8 Å². The molecule has 2 rings (SSSR count). The van der Waals surface area contributed by atoms with Crippen molar-refractivity contribution in [3.05, 3.63) is 65.2 Å². The predicted octanol–water partition coefficient (Wildman–Crippen LogP) is 3.90. The van der Waals surface area contributed by atoms with Crippen molar-refractivity contribution in [3.8, 4) is 11.8 Å². The first kappa shape index (κ1) is 13.8. The molecule has 0 bridgehead atoms. The number of esters is 1. The molecule has 0 aliphatic rings. The first-order chi connectivity index (χ1) is 9.60. The second-order valence-corrected chi connectivity index (χ2v) is 4.81. The molecule has 0 N–H and O–H groups in total. The van der Waals surface area contributed by atoms with E-state index in [1.165, 1.54) is 11.6 Å². The Labute approximate surface area is 118 Å². The lowest BCUT2D eigenvalue weighted by molar-refractivity contribution is 0.0734. The van der Waals surface area contributed by atoms with Crippen LogP contribution < -0.4 is 4.74 Å². The summed E-state index contributed by atoms with van der Waals surface area (Å²) in [5.41, 5.74) is 2.00. The Morgan fingerprint density at radius 3 is 2.45 bits per heavy atom. The number of hydrogen-bond donors (Lipinski definition) is 0. The predicted molar refractivity (Wildman–Crippen MR) is 76.6 cm³/mol. The Balaban J connectivity index is 2.13. The molecule has 20 heavy (non-hydrogen) atoms. The maximum absolute atomic E-state index is 12.0. The summed E-state index contributed by atoms with van der Waals surface area (Å²) in [5, 5.41) is 8.81. The summed E-state index contributed by atoms with van der Waals surface area (Å²) >= 11 is 0. The van der Waals surface area contributed by atoms with Crippen molar-refractivity contribution in [2.75, 3.05) is 0 Å². The molecule has 0 unspecified atom stereocenters. The maximum atomic E-state index is 12.0. The van der Waals surface area contributed by atoms with Gasteiger partial charge in [0.15, 0.2) is 0 Å². The van der Waals surface area contributed by atoms with Crippen molar-refractivity contribution in [1.82, 2.24) is 0 Å². The molecule has 100 valence electrons. The van der Waals surface area contributed by atoms with E-state index < -0.39 is 5.97 Å². The zero-order valence-electron chi connectivity index (χ0n) is 11.5. The zero-order chi connectivity index (χ0) is 14.5. The van der Waals surface area contributed by atoms with Gasteiger partial charge in [-0.25, -0.2) is 4.79 Å². The van der Waals surface area contributed by atoms with Crippen LogP contribution in [-0.2, 0) is 0 Å². The molecular weight excluding hydrogens is 250 g/mol. The number of ether oxygens (including phenoxy) is 1. The van der Waals surface area contributed by atoms with Crippen LogP contribution in [0.1, 0.15) is 41.3 Å². The molecule has 0 saturated carbocycles. The van der Waals surface area contributed by atoms with Crippen LogP contribution in [0.5, 0.6) is 5.75 Å². The van der Waals surface area contributed by atoms with Gasteiger partial charge in [0.1, 0.15) is 5.75 Å². The molecule has 0 aromatic heterocycles. The highest BCUT2D eigenvalue weighted by atomic mass is 16.5. The Bertz CT molecular complexity index is 651. The number of carbonyl (C=O) groups is 1. The van der Waals surface area contributed by atoms with E-state index in [1.807, 2.05) is 18.2 Å². The van der Waals surface area contributed by atoms with Crippen LogP contribution in [0.25, 0.3) is 0 Å². The second kappa shape index (κ2) is 6.03. The summed E-state index contributed by atoms with van der Waals surface area (Å²) in [6.45, 7) is 4.21. The molecule has 2 aromatic rings. The fourth-order valence-electron chi connectivity index (χ4n) is 1.80. The van der Waals surface area contributed by atoms with Crippen LogP contribution in [0, 0.1) is 11.3 Å². The Morgan fingerprint density at radius 2 is 1.85 bits per heavy atom. The van der Waals surface area contributed by atoms with E-state index in [0.29, 0.717) is 22.8 Å². The molecule has 0 aliphatic carbocycles. The fourth-order valence-corrected chi connectivity index (χ4v) is 1.80. The smallest absolute Gasteiger partial charge is 0.343 e. The Hall–Kier alpha value is -2.60. The van der Waals surface area contributed by atoms with Crippen molar-refractivity contribution >= 4 is 5.97 Å². The Morgan fingerprint density at radius 1 is 1.15 bits per heavy atom. The molecule has 3 nitrogen and oxygen atoms in total. The highest BCUT2D eigenvalue weighted by Crippen LogP contribution is 2.19. The molecule has 0 atom stereocenters. The molecule has 0 spiro atoms. The SMILES string of the molecule is CC(C)c1ccc(OC(=O)c2cccc(C#N)c2)cc1. The number of rotatable bonds is 3. The van der Waals surface area contributed by atoms with Gasteiger partial charge in [-0.15, -0.1) is 0 Å². The van der Waals surface area contributed by atoms with Crippen molar-refractivity contribution < 1.29 is 9.53 Å². The highest BCUT2D eigenvalue weighted by molar-refractivity contribution is 5.91. The lowest BCUT2D eigenvalue weighted by Crippen LogP contribution is -2.08. The summed E-state index contributed by atoms with van der Waals surface area (Å²) in [4.78, 5) is 12.0. The van der Waals surface area contributed by atoms with Crippen LogP contribution in [0.2, 0.25) is 0 Å². The lowest BCUT2D eigenvalue weighted by atomic mass is 10.0. The molecular formula is C17H15NO2. The standard InChI is InChI=1S/C17H15NO2/c1-12(2)14-6-8-16(9-7-14)20-17(19)15-5-3-4-13(10-15)11-18/h3-10,12H,1-2H3. The third-order valence-corrected chi connectivity index (χ3v) is 2.98. The van der Waals surface area contributed by atoms with E-state index in [2.05, 4.69) is 13.8 Å². The van der Waals surface area contributed by atoms with E-state index in [1.54, 1.807) is 30.3 Å². The van der Waals surface area contributed by atoms with Crippen LogP contribution >= 0.6 is 0 Å². The minimum atomic E-state index is -0.459. The highest BCUT2D eigenvalue weighted by Gasteiger charge is 2.09. The zero-order valence-corrected chi connectivity index (χ0v) is 11.5. The molecule has 2 aromatic carbocycles. The minimum Gasteiger partial charge on any atom is -0.423 e. The topological polar surface area (TPSA) is 50.1 Å². The number of benzene rings is 2. The molecule has 0 saturated heterocycles. The molecule has 0 fully saturated rings. The summed E-state index contributed by atoms with van der Waals surface area (Å²) in [6, 6.07) is 15.9. The van der Waals surface area contributed by atoms with Gasteiger partial charge in [-0.2, -0.15) is 5.26 Å². The van der Waals surface area contributed by atoms with Gasteiger partial charge in [-0.1, -0.05) is 32.0 Å². The van der Waals surface area contributed by atoms with Crippen molar-refractivity contribution in [3.63, 3.8) is 0 Å². The van der Waals surface area contributed by atoms with Crippen LogP contribution in [-0.4, -0.2) is 5.97 Å². The summed E-state index contributed by atoms with van der Waals surface area (Å²) < 4.78 is 5.29. The first-order valence-corrected chi connectivity index (χ1v) is 6.42. The molecule has 0 radical (unpaired) electrons. The summed E-state index contributed by atoms with van der Waals surface area (Å²) in [5.74, 6) is 0.480. The van der Waals surface area contributed by atoms with Crippen molar-refractivity contribution in [2.24, 2.45) is 0 Å². The monoisotopic (exact) mass is 265 g/mol. The van der Waals surface area contributed by atoms with Gasteiger partial charge in [0.2, 0.25) is 0 Å². The van der Waals surface area contributed by atoms with Crippen LogP contribution in [0.15, 0.2) is 48.5 Å². The van der Waals surface area contributed by atoms with E-state index >= 15 is 0 Å².